The summed E-state index contributed by atoms with van der Waals surface area (Å²) in [6.07, 6.45) is 11.7. The molecule has 1 heterocycles. The Morgan fingerprint density at radius 3 is 2.62 bits per heavy atom. The van der Waals surface area contributed by atoms with Crippen molar-refractivity contribution in [3.8, 4) is 0 Å². The number of rotatable bonds is 14. The summed E-state index contributed by atoms with van der Waals surface area (Å²) < 4.78 is 23.1. The van der Waals surface area contributed by atoms with Crippen LogP contribution in [0.15, 0.2) is 36.5 Å². The first kappa shape index (κ1) is 30.4. The van der Waals surface area contributed by atoms with Crippen molar-refractivity contribution in [2.24, 2.45) is 11.8 Å². The fourth-order valence-electron chi connectivity index (χ4n) is 4.75. The number of ether oxygens (including phenoxy) is 4. The third kappa shape index (κ3) is 11.2. The predicted molar refractivity (Wildman–Crippen MR) is 139 cm³/mol. The largest absolute Gasteiger partial charge is 0.445 e. The molecule has 6 atom stereocenters. The summed E-state index contributed by atoms with van der Waals surface area (Å²) in [7, 11) is 1.75. The molecule has 1 saturated heterocycles. The topological polar surface area (TPSA) is 66.0 Å². The minimum absolute atomic E-state index is 0.0114. The van der Waals surface area contributed by atoms with Crippen LogP contribution in [0, 0.1) is 11.8 Å². The number of alkyl carbamates (subject to hydrolysis) is 1. The van der Waals surface area contributed by atoms with Crippen molar-refractivity contribution in [3.05, 3.63) is 36.5 Å². The van der Waals surface area contributed by atoms with E-state index in [2.05, 4.69) is 78.6 Å². The molecule has 1 aliphatic heterocycles. The second kappa shape index (κ2) is 15.4. The normalized spacial score (nSPS) is 24.5. The van der Waals surface area contributed by atoms with Crippen LogP contribution in [0.5, 0.6) is 0 Å². The third-order valence-electron chi connectivity index (χ3n) is 6.40. The van der Waals surface area contributed by atoms with Gasteiger partial charge >= 0.3 is 6.09 Å². The van der Waals surface area contributed by atoms with Gasteiger partial charge in [-0.25, -0.2) is 4.79 Å². The summed E-state index contributed by atoms with van der Waals surface area (Å²) >= 11 is 0. The zero-order valence-electron chi connectivity index (χ0n) is 22.8. The van der Waals surface area contributed by atoms with Crippen molar-refractivity contribution in [2.75, 3.05) is 20.3 Å². The first-order chi connectivity index (χ1) is 16.0. The zero-order chi connectivity index (χ0) is 25.7. The quantitative estimate of drug-likeness (QED) is 0.237. The number of methoxy groups -OCH3 is 1. The highest BCUT2D eigenvalue weighted by atomic mass is 16.6. The molecule has 0 aromatic rings. The van der Waals surface area contributed by atoms with E-state index in [-0.39, 0.29) is 36.6 Å². The van der Waals surface area contributed by atoms with Crippen LogP contribution in [0.4, 0.5) is 4.79 Å². The number of hydrogen-bond donors (Lipinski definition) is 1. The Kier molecular flexibility index (Phi) is 13.8. The molecule has 0 spiro atoms. The average molecular weight is 480 g/mol. The summed E-state index contributed by atoms with van der Waals surface area (Å²) in [5.74, 6) is 0.809. The van der Waals surface area contributed by atoms with Gasteiger partial charge < -0.3 is 24.3 Å². The van der Waals surface area contributed by atoms with Gasteiger partial charge in [0.2, 0.25) is 0 Å². The number of hydrogen-bond acceptors (Lipinski definition) is 5. The van der Waals surface area contributed by atoms with E-state index in [0.717, 1.165) is 25.7 Å². The molecule has 34 heavy (non-hydrogen) atoms. The Hall–Kier alpha value is -1.63. The maximum absolute atomic E-state index is 11.7. The van der Waals surface area contributed by atoms with Gasteiger partial charge in [0.25, 0.3) is 0 Å². The molecule has 1 amide bonds. The first-order valence-electron chi connectivity index (χ1n) is 12.8. The minimum Gasteiger partial charge on any atom is -0.445 e. The van der Waals surface area contributed by atoms with E-state index < -0.39 is 6.09 Å². The van der Waals surface area contributed by atoms with E-state index >= 15 is 0 Å². The summed E-state index contributed by atoms with van der Waals surface area (Å²) in [5, 5.41) is 2.78. The van der Waals surface area contributed by atoms with E-state index in [9.17, 15) is 4.79 Å². The van der Waals surface area contributed by atoms with Gasteiger partial charge in [-0.1, -0.05) is 51.7 Å². The van der Waals surface area contributed by atoms with Gasteiger partial charge in [-0.2, -0.15) is 0 Å². The number of carbonyl (C=O) groups excluding carboxylic acids is 1. The SMILES string of the molecule is C=CCOC(=O)NC[C@H]1CC[C@H](C)[C@@H](/C(C)=C/C=C/[C@@H](C)CC(C)(C)OC(C)[C@H](CC)OC)O1. The van der Waals surface area contributed by atoms with Crippen molar-refractivity contribution in [1.82, 2.24) is 5.32 Å². The molecule has 1 aliphatic rings. The lowest BCUT2D eigenvalue weighted by Gasteiger charge is -2.35. The highest BCUT2D eigenvalue weighted by molar-refractivity contribution is 5.67. The Labute approximate surface area is 208 Å². The van der Waals surface area contributed by atoms with Crippen LogP contribution in [0.1, 0.15) is 74.1 Å². The molecule has 1 unspecified atom stereocenters. The minimum atomic E-state index is -0.434. The lowest BCUT2D eigenvalue weighted by molar-refractivity contribution is -0.125. The zero-order valence-corrected chi connectivity index (χ0v) is 22.8. The van der Waals surface area contributed by atoms with Crippen molar-refractivity contribution in [1.29, 1.82) is 0 Å². The van der Waals surface area contributed by atoms with Gasteiger partial charge in [0.1, 0.15) is 6.61 Å². The van der Waals surface area contributed by atoms with Crippen LogP contribution < -0.4 is 5.32 Å². The van der Waals surface area contributed by atoms with E-state index in [1.807, 2.05) is 0 Å². The molecule has 1 fully saturated rings. The number of nitrogens with one attached hydrogen (secondary N) is 1. The van der Waals surface area contributed by atoms with Crippen LogP contribution in [0.3, 0.4) is 0 Å². The second-order valence-corrected chi connectivity index (χ2v) is 10.2. The average Bonchev–Trinajstić information content (AvgIpc) is 2.76. The molecule has 1 N–H and O–H groups in total. The number of allylic oxidation sites excluding steroid dienone is 3. The van der Waals surface area contributed by atoms with Crippen LogP contribution in [0.2, 0.25) is 0 Å². The van der Waals surface area contributed by atoms with Crippen LogP contribution in [-0.2, 0) is 18.9 Å². The number of carbonyl (C=O) groups is 1. The molecule has 6 nitrogen and oxygen atoms in total. The molecule has 196 valence electrons. The standard InChI is InChI=1S/C28H49NO5/c1-10-17-32-27(30)29-19-24-16-15-22(5)26(33-24)21(4)14-12-13-20(3)18-28(7,8)34-23(6)25(11-2)31-9/h10,12-14,20,22-26H,1,11,15-19H2,2-9H3,(H,29,30)/b13-12+,21-14+/t20-,22+,23?,24-,25+,26-/m1/s1. The van der Waals surface area contributed by atoms with Gasteiger partial charge in [-0.15, -0.1) is 0 Å². The maximum Gasteiger partial charge on any atom is 0.407 e. The Morgan fingerprint density at radius 2 is 2.00 bits per heavy atom. The monoisotopic (exact) mass is 479 g/mol. The number of amides is 1. The lowest BCUT2D eigenvalue weighted by atomic mass is 9.89. The van der Waals surface area contributed by atoms with Crippen molar-refractivity contribution < 1.29 is 23.7 Å². The molecule has 0 aliphatic carbocycles. The van der Waals surface area contributed by atoms with Gasteiger partial charge in [0.15, 0.2) is 0 Å². The molecular weight excluding hydrogens is 430 g/mol. The Balaban J connectivity index is 2.60. The molecule has 6 heteroatoms. The molecule has 0 bridgehead atoms. The van der Waals surface area contributed by atoms with E-state index in [0.29, 0.717) is 18.4 Å². The van der Waals surface area contributed by atoms with E-state index in [4.69, 9.17) is 18.9 Å². The van der Waals surface area contributed by atoms with Crippen molar-refractivity contribution >= 4 is 6.09 Å². The summed E-state index contributed by atoms with van der Waals surface area (Å²) in [6.45, 7) is 19.3. The molecule has 0 saturated carbocycles. The third-order valence-corrected chi connectivity index (χ3v) is 6.40. The first-order valence-corrected chi connectivity index (χ1v) is 12.8. The highest BCUT2D eigenvalue weighted by Gasteiger charge is 2.30. The lowest BCUT2D eigenvalue weighted by Crippen LogP contribution is -2.41. The Bertz CT molecular complexity index is 668. The smallest absolute Gasteiger partial charge is 0.407 e. The molecule has 0 aromatic carbocycles. The summed E-state index contributed by atoms with van der Waals surface area (Å²) in [6, 6.07) is 0. The molecule has 0 aromatic heterocycles. The molecule has 0 radical (unpaired) electrons. The van der Waals surface area contributed by atoms with Crippen LogP contribution in [0.25, 0.3) is 0 Å². The fraction of sp³-hybridized carbons (Fsp3) is 0.750. The summed E-state index contributed by atoms with van der Waals surface area (Å²) in [5.41, 5.74) is 0.965. The van der Waals surface area contributed by atoms with Gasteiger partial charge in [0, 0.05) is 13.7 Å². The van der Waals surface area contributed by atoms with Crippen molar-refractivity contribution in [3.63, 3.8) is 0 Å². The second-order valence-electron chi connectivity index (χ2n) is 10.2. The molecular formula is C28H49NO5. The van der Waals surface area contributed by atoms with Crippen molar-refractivity contribution in [2.45, 2.75) is 104 Å². The van der Waals surface area contributed by atoms with Crippen LogP contribution >= 0.6 is 0 Å². The summed E-state index contributed by atoms with van der Waals surface area (Å²) in [4.78, 5) is 11.7. The van der Waals surface area contributed by atoms with Crippen LogP contribution in [-0.4, -0.2) is 56.4 Å². The van der Waals surface area contributed by atoms with Gasteiger partial charge in [-0.3, -0.25) is 0 Å². The van der Waals surface area contributed by atoms with Gasteiger partial charge in [0.05, 0.1) is 30.0 Å². The highest BCUT2D eigenvalue weighted by Crippen LogP contribution is 2.29. The van der Waals surface area contributed by atoms with E-state index in [1.165, 1.54) is 5.57 Å². The maximum atomic E-state index is 11.7. The Morgan fingerprint density at radius 1 is 1.29 bits per heavy atom. The molecule has 1 rings (SSSR count). The van der Waals surface area contributed by atoms with E-state index in [1.54, 1.807) is 13.2 Å². The van der Waals surface area contributed by atoms with Gasteiger partial charge in [-0.05, 0) is 70.8 Å². The predicted octanol–water partition coefficient (Wildman–Crippen LogP) is 6.22. The fourth-order valence-corrected chi connectivity index (χ4v) is 4.75.